The van der Waals surface area contributed by atoms with E-state index in [1.165, 1.54) is 6.33 Å². The van der Waals surface area contributed by atoms with Crippen molar-refractivity contribution in [1.29, 1.82) is 0 Å². The summed E-state index contributed by atoms with van der Waals surface area (Å²) in [6.07, 6.45) is 5.74. The lowest BCUT2D eigenvalue weighted by atomic mass is 10.1. The molecule has 0 bridgehead atoms. The molecule has 2 aromatic heterocycles. The Kier molecular flexibility index (Phi) is 5.92. The number of benzene rings is 1. The number of anilines is 1. The van der Waals surface area contributed by atoms with Crippen molar-refractivity contribution in [2.45, 2.75) is 13.3 Å². The quantitative estimate of drug-likeness (QED) is 0.668. The van der Waals surface area contributed by atoms with Gasteiger partial charge in [-0.3, -0.25) is 0 Å². The van der Waals surface area contributed by atoms with Gasteiger partial charge in [-0.05, 0) is 25.0 Å². The van der Waals surface area contributed by atoms with Crippen LogP contribution in [0.3, 0.4) is 0 Å². The second kappa shape index (κ2) is 8.75. The summed E-state index contributed by atoms with van der Waals surface area (Å²) in [5.74, 6) is 1.64. The molecule has 0 amide bonds. The zero-order chi connectivity index (χ0) is 18.2. The van der Waals surface area contributed by atoms with Crippen LogP contribution < -0.4 is 14.8 Å². The number of hydrogen-bond acceptors (Lipinski definition) is 7. The van der Waals surface area contributed by atoms with Gasteiger partial charge in [0.25, 0.3) is 0 Å². The Labute approximate surface area is 152 Å². The van der Waals surface area contributed by atoms with Crippen molar-refractivity contribution in [2.24, 2.45) is 0 Å². The molecule has 2 heterocycles. The lowest BCUT2D eigenvalue weighted by Gasteiger charge is -2.10. The molecule has 3 aromatic rings. The molecule has 1 aromatic carbocycles. The number of rotatable bonds is 8. The lowest BCUT2D eigenvalue weighted by Crippen LogP contribution is -2.07. The maximum Gasteiger partial charge on any atom is 0.316 e. The fourth-order valence-corrected chi connectivity index (χ4v) is 2.50. The number of nitrogens with zero attached hydrogens (tertiary/aromatic N) is 4. The number of methoxy groups -OCH3 is 1. The molecule has 1 N–H and O–H groups in total. The third-order valence-corrected chi connectivity index (χ3v) is 3.76. The van der Waals surface area contributed by atoms with Crippen LogP contribution in [-0.2, 0) is 6.42 Å². The Morgan fingerprint density at radius 3 is 2.62 bits per heavy atom. The van der Waals surface area contributed by atoms with E-state index in [0.717, 1.165) is 41.4 Å². The minimum Gasteiger partial charge on any atom is -0.496 e. The van der Waals surface area contributed by atoms with E-state index in [9.17, 15) is 0 Å². The van der Waals surface area contributed by atoms with Crippen LogP contribution in [0.15, 0.2) is 49.1 Å². The average molecular weight is 351 g/mol. The van der Waals surface area contributed by atoms with Gasteiger partial charge in [0, 0.05) is 30.6 Å². The predicted octanol–water partition coefficient (Wildman–Crippen LogP) is 3.00. The van der Waals surface area contributed by atoms with E-state index in [-0.39, 0.29) is 0 Å². The summed E-state index contributed by atoms with van der Waals surface area (Å²) in [4.78, 5) is 16.9. The summed E-state index contributed by atoms with van der Waals surface area (Å²) < 4.78 is 10.6. The number of para-hydroxylation sites is 1. The van der Waals surface area contributed by atoms with Crippen LogP contribution in [-0.4, -0.2) is 40.2 Å². The third kappa shape index (κ3) is 4.44. The zero-order valence-electron chi connectivity index (χ0n) is 14.8. The van der Waals surface area contributed by atoms with Crippen LogP contribution in [0.1, 0.15) is 12.5 Å². The van der Waals surface area contributed by atoms with Crippen molar-refractivity contribution >= 4 is 5.82 Å². The number of nitrogens with one attached hydrogen (secondary N) is 1. The van der Waals surface area contributed by atoms with Crippen molar-refractivity contribution in [3.63, 3.8) is 0 Å². The smallest absolute Gasteiger partial charge is 0.316 e. The normalized spacial score (nSPS) is 10.4. The van der Waals surface area contributed by atoms with E-state index < -0.39 is 0 Å². The Morgan fingerprint density at radius 2 is 1.85 bits per heavy atom. The van der Waals surface area contributed by atoms with Crippen molar-refractivity contribution in [3.8, 4) is 23.0 Å². The van der Waals surface area contributed by atoms with Crippen molar-refractivity contribution < 1.29 is 9.47 Å². The van der Waals surface area contributed by atoms with E-state index in [4.69, 9.17) is 9.47 Å². The SMILES string of the molecule is CCOc1ncc(-c2cc(NCCc3ccccc3OC)ncn2)cn1. The average Bonchev–Trinajstić information content (AvgIpc) is 2.69. The third-order valence-electron chi connectivity index (χ3n) is 3.76. The second-order valence-electron chi connectivity index (χ2n) is 5.46. The largest absolute Gasteiger partial charge is 0.496 e. The maximum atomic E-state index is 5.37. The fraction of sp³-hybridized carbons (Fsp3) is 0.263. The molecule has 0 spiro atoms. The summed E-state index contributed by atoms with van der Waals surface area (Å²) in [5.41, 5.74) is 2.71. The van der Waals surface area contributed by atoms with Gasteiger partial charge < -0.3 is 14.8 Å². The molecule has 0 radical (unpaired) electrons. The van der Waals surface area contributed by atoms with Crippen molar-refractivity contribution in [1.82, 2.24) is 19.9 Å². The highest BCUT2D eigenvalue weighted by molar-refractivity contribution is 5.60. The lowest BCUT2D eigenvalue weighted by molar-refractivity contribution is 0.312. The molecule has 0 saturated heterocycles. The van der Waals surface area contributed by atoms with E-state index in [0.29, 0.717) is 12.6 Å². The molecule has 134 valence electrons. The molecule has 7 heteroatoms. The highest BCUT2D eigenvalue weighted by Gasteiger charge is 2.05. The molecule has 0 aliphatic heterocycles. The first kappa shape index (κ1) is 17.6. The minimum absolute atomic E-state index is 0.362. The number of hydrogen-bond donors (Lipinski definition) is 1. The predicted molar refractivity (Wildman–Crippen MR) is 99.4 cm³/mol. The molecule has 7 nitrogen and oxygen atoms in total. The Hall–Kier alpha value is -3.22. The molecule has 0 saturated carbocycles. The van der Waals surface area contributed by atoms with Crippen LogP contribution in [0.2, 0.25) is 0 Å². The molecule has 0 aliphatic carbocycles. The van der Waals surface area contributed by atoms with Crippen molar-refractivity contribution in [2.75, 3.05) is 25.6 Å². The maximum absolute atomic E-state index is 5.37. The van der Waals surface area contributed by atoms with Gasteiger partial charge in [0.05, 0.1) is 19.4 Å². The summed E-state index contributed by atoms with van der Waals surface area (Å²) in [6.45, 7) is 3.16. The van der Waals surface area contributed by atoms with Gasteiger partial charge >= 0.3 is 6.01 Å². The Morgan fingerprint density at radius 1 is 1.04 bits per heavy atom. The zero-order valence-corrected chi connectivity index (χ0v) is 14.8. The molecule has 3 rings (SSSR count). The van der Waals surface area contributed by atoms with Gasteiger partial charge in [0.1, 0.15) is 17.9 Å². The van der Waals surface area contributed by atoms with Gasteiger partial charge in [0.15, 0.2) is 0 Å². The van der Waals surface area contributed by atoms with Crippen LogP contribution >= 0.6 is 0 Å². The van der Waals surface area contributed by atoms with Gasteiger partial charge in [-0.1, -0.05) is 18.2 Å². The summed E-state index contributed by atoms with van der Waals surface area (Å²) in [5, 5.41) is 3.31. The number of aromatic nitrogens is 4. The highest BCUT2D eigenvalue weighted by atomic mass is 16.5. The topological polar surface area (TPSA) is 82.0 Å². The molecule has 26 heavy (non-hydrogen) atoms. The van der Waals surface area contributed by atoms with Crippen LogP contribution in [0.5, 0.6) is 11.8 Å². The molecule has 0 unspecified atom stereocenters. The monoisotopic (exact) mass is 351 g/mol. The van der Waals surface area contributed by atoms with Gasteiger partial charge in [-0.2, -0.15) is 0 Å². The Balaban J connectivity index is 1.64. The van der Waals surface area contributed by atoms with Gasteiger partial charge in [-0.25, -0.2) is 19.9 Å². The summed E-state index contributed by atoms with van der Waals surface area (Å²) in [6, 6.07) is 10.2. The standard InChI is InChI=1S/C19H21N5O2/c1-3-26-19-21-11-15(12-22-19)16-10-18(24-13-23-16)20-9-8-14-6-4-5-7-17(14)25-2/h4-7,10-13H,3,8-9H2,1-2H3,(H,20,23,24). The second-order valence-corrected chi connectivity index (χ2v) is 5.46. The van der Waals surface area contributed by atoms with E-state index in [1.807, 2.05) is 31.2 Å². The van der Waals surface area contributed by atoms with E-state index >= 15 is 0 Å². The van der Waals surface area contributed by atoms with Crippen LogP contribution in [0.4, 0.5) is 5.82 Å². The first-order chi connectivity index (χ1) is 12.8. The van der Waals surface area contributed by atoms with Crippen molar-refractivity contribution in [3.05, 3.63) is 54.6 Å². The molecular formula is C19H21N5O2. The Bertz CT molecular complexity index is 839. The first-order valence-electron chi connectivity index (χ1n) is 8.43. The van der Waals surface area contributed by atoms with Crippen LogP contribution in [0, 0.1) is 0 Å². The van der Waals surface area contributed by atoms with Crippen LogP contribution in [0.25, 0.3) is 11.3 Å². The fourth-order valence-electron chi connectivity index (χ4n) is 2.50. The van der Waals surface area contributed by atoms with E-state index in [1.54, 1.807) is 19.5 Å². The highest BCUT2D eigenvalue weighted by Crippen LogP contribution is 2.20. The van der Waals surface area contributed by atoms with E-state index in [2.05, 4.69) is 31.3 Å². The van der Waals surface area contributed by atoms with Gasteiger partial charge in [0.2, 0.25) is 0 Å². The minimum atomic E-state index is 0.362. The molecular weight excluding hydrogens is 330 g/mol. The summed E-state index contributed by atoms with van der Waals surface area (Å²) in [7, 11) is 1.68. The van der Waals surface area contributed by atoms with Gasteiger partial charge in [-0.15, -0.1) is 0 Å². The molecule has 0 fully saturated rings. The summed E-state index contributed by atoms with van der Waals surface area (Å²) >= 11 is 0. The molecule has 0 aliphatic rings. The number of ether oxygens (including phenoxy) is 2. The first-order valence-corrected chi connectivity index (χ1v) is 8.43. The molecule has 0 atom stereocenters.